The van der Waals surface area contributed by atoms with Gasteiger partial charge in [-0.25, -0.2) is 9.59 Å². The molecule has 0 atom stereocenters. The highest BCUT2D eigenvalue weighted by atomic mass is 16.5. The molecule has 3 aliphatic carbocycles. The van der Waals surface area contributed by atoms with Crippen molar-refractivity contribution in [2.75, 3.05) is 26.4 Å². The summed E-state index contributed by atoms with van der Waals surface area (Å²) in [5, 5.41) is 17.9. The van der Waals surface area contributed by atoms with Crippen molar-refractivity contribution in [2.45, 2.75) is 88.9 Å². The largest absolute Gasteiger partial charge is 0.494 e. The molecule has 8 nitrogen and oxygen atoms in total. The van der Waals surface area contributed by atoms with Gasteiger partial charge in [0.2, 0.25) is 0 Å². The number of hydrogen-bond acceptors (Lipinski definition) is 8. The van der Waals surface area contributed by atoms with Gasteiger partial charge >= 0.3 is 11.9 Å². The normalized spacial score (nSPS) is 14.6. The molecule has 0 radical (unpaired) electrons. The van der Waals surface area contributed by atoms with E-state index in [0.29, 0.717) is 47.3 Å². The second kappa shape index (κ2) is 20.3. The van der Waals surface area contributed by atoms with E-state index in [1.807, 2.05) is 24.3 Å². The quantitative estimate of drug-likeness (QED) is 0.0397. The molecule has 0 unspecified atom stereocenters. The third kappa shape index (κ3) is 9.63. The summed E-state index contributed by atoms with van der Waals surface area (Å²) in [6, 6.07) is 34.3. The first-order valence-electron chi connectivity index (χ1n) is 21.0. The maximum Gasteiger partial charge on any atom is 0.343 e. The Kier molecular flexibility index (Phi) is 14.3. The lowest BCUT2D eigenvalue weighted by atomic mass is 9.60. The Hall–Kier alpha value is -5.44. The molecule has 0 saturated carbocycles. The molecule has 0 spiro atoms. The first-order chi connectivity index (χ1) is 28.6. The van der Waals surface area contributed by atoms with E-state index in [-0.39, 0.29) is 25.0 Å². The SMILES string of the molecule is O=C(Oc1ccc(OC(=O)c2ccc(OCCCCCCCCO)cc2)c2c1C1c3ccccc3C2c2ccccc21)c1ccc(OCCCCCCCCO)cc1. The molecule has 0 aromatic heterocycles. The van der Waals surface area contributed by atoms with Crippen LogP contribution in [-0.2, 0) is 0 Å². The zero-order valence-electron chi connectivity index (χ0n) is 33.2. The molecule has 5 aromatic rings. The number of esters is 2. The molecule has 0 saturated heterocycles. The molecule has 0 heterocycles. The van der Waals surface area contributed by atoms with Crippen LogP contribution in [0.2, 0.25) is 0 Å². The molecule has 302 valence electrons. The van der Waals surface area contributed by atoms with Crippen LogP contribution in [0.4, 0.5) is 0 Å². The maximum absolute atomic E-state index is 13.8. The van der Waals surface area contributed by atoms with Gasteiger partial charge < -0.3 is 29.2 Å². The molecule has 3 aliphatic rings. The predicted octanol–water partition coefficient (Wildman–Crippen LogP) is 10.5. The van der Waals surface area contributed by atoms with Crippen LogP contribution < -0.4 is 18.9 Å². The summed E-state index contributed by atoms with van der Waals surface area (Å²) >= 11 is 0. The average Bonchev–Trinajstić information content (AvgIpc) is 3.26. The summed E-state index contributed by atoms with van der Waals surface area (Å²) in [5.74, 6) is 0.854. The van der Waals surface area contributed by atoms with E-state index in [1.165, 1.54) is 0 Å². The minimum Gasteiger partial charge on any atom is -0.494 e. The van der Waals surface area contributed by atoms with E-state index < -0.39 is 11.9 Å². The van der Waals surface area contributed by atoms with Crippen molar-refractivity contribution in [1.82, 2.24) is 0 Å². The van der Waals surface area contributed by atoms with E-state index >= 15 is 0 Å². The number of hydrogen-bond donors (Lipinski definition) is 2. The predicted molar refractivity (Wildman–Crippen MR) is 225 cm³/mol. The minimum atomic E-state index is -0.482. The van der Waals surface area contributed by atoms with Crippen molar-refractivity contribution in [1.29, 1.82) is 0 Å². The number of aliphatic hydroxyl groups excluding tert-OH is 2. The lowest BCUT2D eigenvalue weighted by Crippen LogP contribution is -2.29. The van der Waals surface area contributed by atoms with E-state index in [9.17, 15) is 9.59 Å². The Bertz CT molecular complexity index is 1930. The fourth-order valence-corrected chi connectivity index (χ4v) is 8.31. The van der Waals surface area contributed by atoms with Crippen molar-refractivity contribution in [3.05, 3.63) is 154 Å². The Morgan fingerprint density at radius 3 is 1.09 bits per heavy atom. The molecule has 58 heavy (non-hydrogen) atoms. The molecule has 0 amide bonds. The second-order valence-corrected chi connectivity index (χ2v) is 15.2. The van der Waals surface area contributed by atoms with Crippen LogP contribution in [-0.4, -0.2) is 48.6 Å². The number of benzene rings is 5. The van der Waals surface area contributed by atoms with E-state index in [1.54, 1.807) is 60.7 Å². The maximum atomic E-state index is 13.8. The van der Waals surface area contributed by atoms with E-state index in [2.05, 4.69) is 24.3 Å². The summed E-state index contributed by atoms with van der Waals surface area (Å²) < 4.78 is 24.4. The van der Waals surface area contributed by atoms with Gasteiger partial charge in [-0.1, -0.05) is 99.9 Å². The fourth-order valence-electron chi connectivity index (χ4n) is 8.31. The topological polar surface area (TPSA) is 112 Å². The van der Waals surface area contributed by atoms with Gasteiger partial charge in [0.25, 0.3) is 0 Å². The molecule has 8 heteroatoms. The van der Waals surface area contributed by atoms with Gasteiger partial charge in [0.05, 0.1) is 24.3 Å². The summed E-state index contributed by atoms with van der Waals surface area (Å²) in [6.45, 7) is 1.72. The van der Waals surface area contributed by atoms with Crippen LogP contribution in [0.25, 0.3) is 0 Å². The van der Waals surface area contributed by atoms with Crippen molar-refractivity contribution in [3.8, 4) is 23.0 Å². The Morgan fingerprint density at radius 2 is 0.741 bits per heavy atom. The number of aliphatic hydroxyl groups is 2. The van der Waals surface area contributed by atoms with Crippen molar-refractivity contribution < 1.29 is 38.7 Å². The fraction of sp³-hybridized carbons (Fsp3) is 0.360. The zero-order valence-corrected chi connectivity index (χ0v) is 33.2. The first-order valence-corrected chi connectivity index (χ1v) is 21.0. The van der Waals surface area contributed by atoms with Crippen molar-refractivity contribution in [3.63, 3.8) is 0 Å². The van der Waals surface area contributed by atoms with Crippen molar-refractivity contribution in [2.24, 2.45) is 0 Å². The number of carbonyl (C=O) groups excluding carboxylic acids is 2. The molecule has 5 aromatic carbocycles. The van der Waals surface area contributed by atoms with Gasteiger partial charge in [-0.05, 0) is 109 Å². The summed E-state index contributed by atoms with van der Waals surface area (Å²) in [6.07, 6.45) is 12.4. The van der Waals surface area contributed by atoms with E-state index in [0.717, 1.165) is 110 Å². The standard InChI is InChI=1S/C50H54O8/c51-31-13-5-1-3-7-15-33-55-37-25-21-35(22-26-37)49(53)57-43-29-30-44(58-50(54)36-23-27-38(28-24-36)56-34-16-8-4-2-6-14-32-52)48-46-41-19-11-9-17-39(41)45(47(43)48)40-18-10-12-20-42(40)46/h9-12,17-30,45-46,51-52H,1-8,13-16,31-34H2. The highest BCUT2D eigenvalue weighted by Gasteiger charge is 2.45. The number of carbonyl (C=O) groups is 2. The minimum absolute atomic E-state index is 0.226. The third-order valence-electron chi connectivity index (χ3n) is 11.2. The third-order valence-corrected chi connectivity index (χ3v) is 11.2. The van der Waals surface area contributed by atoms with Gasteiger partial charge in [0, 0.05) is 36.2 Å². The van der Waals surface area contributed by atoms with Gasteiger partial charge in [-0.3, -0.25) is 0 Å². The van der Waals surface area contributed by atoms with Gasteiger partial charge in [-0.2, -0.15) is 0 Å². The van der Waals surface area contributed by atoms with Gasteiger partial charge in [0.15, 0.2) is 0 Å². The molecule has 8 rings (SSSR count). The Balaban J connectivity index is 1.07. The van der Waals surface area contributed by atoms with Gasteiger partial charge in [-0.15, -0.1) is 0 Å². The lowest BCUT2D eigenvalue weighted by Gasteiger charge is -2.43. The van der Waals surface area contributed by atoms with Crippen LogP contribution in [0, 0.1) is 0 Å². The van der Waals surface area contributed by atoms with E-state index in [4.69, 9.17) is 29.2 Å². The van der Waals surface area contributed by atoms with Crippen LogP contribution in [0.1, 0.15) is 143 Å². The molecule has 0 fully saturated rings. The van der Waals surface area contributed by atoms with Crippen LogP contribution in [0.5, 0.6) is 23.0 Å². The lowest BCUT2D eigenvalue weighted by molar-refractivity contribution is 0.0716. The van der Waals surface area contributed by atoms with Crippen LogP contribution in [0.3, 0.4) is 0 Å². The Morgan fingerprint density at radius 1 is 0.414 bits per heavy atom. The monoisotopic (exact) mass is 782 g/mol. The van der Waals surface area contributed by atoms with Crippen LogP contribution in [0.15, 0.2) is 109 Å². The Labute approximate surface area is 341 Å². The molecule has 2 bridgehead atoms. The highest BCUT2D eigenvalue weighted by molar-refractivity contribution is 5.93. The second-order valence-electron chi connectivity index (χ2n) is 15.2. The number of rotatable bonds is 22. The molecular formula is C50H54O8. The molecule has 0 aliphatic heterocycles. The number of ether oxygens (including phenoxy) is 4. The smallest absolute Gasteiger partial charge is 0.343 e. The zero-order chi connectivity index (χ0) is 40.1. The average molecular weight is 783 g/mol. The first kappa shape index (κ1) is 40.7. The summed E-state index contributed by atoms with van der Waals surface area (Å²) in [4.78, 5) is 27.5. The number of unbranched alkanes of at least 4 members (excludes halogenated alkanes) is 10. The summed E-state index contributed by atoms with van der Waals surface area (Å²) in [7, 11) is 0. The van der Waals surface area contributed by atoms with Crippen molar-refractivity contribution >= 4 is 11.9 Å². The molecular weight excluding hydrogens is 729 g/mol. The van der Waals surface area contributed by atoms with Gasteiger partial charge in [0.1, 0.15) is 23.0 Å². The highest BCUT2D eigenvalue weighted by Crippen LogP contribution is 2.60. The summed E-state index contributed by atoms with van der Waals surface area (Å²) in [5.41, 5.74) is 7.04. The van der Waals surface area contributed by atoms with Crippen LogP contribution >= 0.6 is 0 Å². The molecule has 2 N–H and O–H groups in total.